The Morgan fingerprint density at radius 2 is 1.82 bits per heavy atom. The number of carbonyl (C=O) groups is 2. The lowest BCUT2D eigenvalue weighted by Crippen LogP contribution is -2.51. The Kier molecular flexibility index (Phi) is 3.06. The molecule has 0 unspecified atom stereocenters. The van der Waals surface area contributed by atoms with Gasteiger partial charge in [-0.2, -0.15) is 0 Å². The van der Waals surface area contributed by atoms with Gasteiger partial charge in [0.25, 0.3) is 0 Å². The quantitative estimate of drug-likeness (QED) is 0.560. The summed E-state index contributed by atoms with van der Waals surface area (Å²) in [7, 11) is 0. The number of hydrogen-bond donors (Lipinski definition) is 2. The van der Waals surface area contributed by atoms with Crippen molar-refractivity contribution in [2.24, 2.45) is 5.73 Å². The van der Waals surface area contributed by atoms with Crippen LogP contribution < -0.4 is 16.0 Å². The van der Waals surface area contributed by atoms with Crippen LogP contribution in [0.3, 0.4) is 0 Å². The molecule has 0 radical (unpaired) electrons. The number of benzene rings is 1. The molecule has 1 fully saturated rings. The molecule has 0 bridgehead atoms. The summed E-state index contributed by atoms with van der Waals surface area (Å²) in [4.78, 5) is 24.5. The van der Waals surface area contributed by atoms with Crippen molar-refractivity contribution in [2.75, 3.05) is 18.0 Å². The van der Waals surface area contributed by atoms with E-state index in [4.69, 9.17) is 18.0 Å². The third kappa shape index (κ3) is 2.42. The molecule has 0 saturated carbocycles. The Balaban J connectivity index is 2.36. The van der Waals surface area contributed by atoms with Gasteiger partial charge >= 0.3 is 0 Å². The van der Waals surface area contributed by atoms with E-state index in [1.165, 1.54) is 0 Å². The first-order chi connectivity index (χ1) is 8.08. The number of amides is 2. The summed E-state index contributed by atoms with van der Waals surface area (Å²) in [6.45, 7) is 0.261. The van der Waals surface area contributed by atoms with Crippen molar-refractivity contribution >= 4 is 34.7 Å². The molecule has 1 aliphatic rings. The Labute approximate surface area is 104 Å². The van der Waals surface area contributed by atoms with Crippen molar-refractivity contribution in [3.8, 4) is 0 Å². The van der Waals surface area contributed by atoms with E-state index in [1.807, 2.05) is 12.1 Å². The summed E-state index contributed by atoms with van der Waals surface area (Å²) in [6.07, 6.45) is 0. The van der Waals surface area contributed by atoms with Crippen molar-refractivity contribution in [1.82, 2.24) is 5.32 Å². The van der Waals surface area contributed by atoms with Crippen molar-refractivity contribution in [3.63, 3.8) is 0 Å². The third-order valence-electron chi connectivity index (χ3n) is 2.46. The normalized spacial score (nSPS) is 15.6. The van der Waals surface area contributed by atoms with Crippen LogP contribution in [0, 0.1) is 0 Å². The summed E-state index contributed by atoms with van der Waals surface area (Å²) < 4.78 is 0. The van der Waals surface area contributed by atoms with Crippen molar-refractivity contribution < 1.29 is 9.59 Å². The number of para-hydroxylation sites is 1. The van der Waals surface area contributed by atoms with E-state index in [1.54, 1.807) is 17.0 Å². The van der Waals surface area contributed by atoms with Gasteiger partial charge in [0.2, 0.25) is 11.8 Å². The minimum Gasteiger partial charge on any atom is -0.389 e. The standard InChI is InChI=1S/C11H11N3O2S/c12-11(17)7-3-1-2-4-8(7)14-5-9(15)13-10(16)6-14/h1-4H,5-6H2,(H2,12,17)(H,13,15,16). The summed E-state index contributed by atoms with van der Waals surface area (Å²) >= 11 is 4.94. The molecule has 1 aliphatic heterocycles. The molecule has 88 valence electrons. The van der Waals surface area contributed by atoms with Gasteiger partial charge in [0.05, 0.1) is 13.1 Å². The molecule has 6 heteroatoms. The minimum atomic E-state index is -0.320. The van der Waals surface area contributed by atoms with E-state index in [2.05, 4.69) is 5.32 Å². The lowest BCUT2D eigenvalue weighted by Gasteiger charge is -2.28. The van der Waals surface area contributed by atoms with Crippen LogP contribution in [-0.2, 0) is 9.59 Å². The molecule has 17 heavy (non-hydrogen) atoms. The molecule has 0 aliphatic carbocycles. The van der Waals surface area contributed by atoms with Gasteiger partial charge < -0.3 is 10.6 Å². The molecule has 0 atom stereocenters. The lowest BCUT2D eigenvalue weighted by atomic mass is 10.1. The number of hydrogen-bond acceptors (Lipinski definition) is 4. The summed E-state index contributed by atoms with van der Waals surface area (Å²) in [5, 5.41) is 2.24. The monoisotopic (exact) mass is 249 g/mol. The number of piperazine rings is 1. The van der Waals surface area contributed by atoms with Gasteiger partial charge in [-0.1, -0.05) is 24.4 Å². The van der Waals surface area contributed by atoms with E-state index < -0.39 is 0 Å². The number of nitrogens with two attached hydrogens (primary N) is 1. The molecule has 1 saturated heterocycles. The van der Waals surface area contributed by atoms with Crippen LogP contribution in [0.1, 0.15) is 5.56 Å². The maximum atomic E-state index is 11.3. The number of nitrogens with one attached hydrogen (secondary N) is 1. The minimum absolute atomic E-state index is 0.130. The first kappa shape index (κ1) is 11.5. The maximum Gasteiger partial charge on any atom is 0.246 e. The highest BCUT2D eigenvalue weighted by molar-refractivity contribution is 7.80. The Morgan fingerprint density at radius 1 is 1.24 bits per heavy atom. The number of rotatable bonds is 2. The Morgan fingerprint density at radius 3 is 2.41 bits per heavy atom. The molecule has 5 nitrogen and oxygen atoms in total. The van der Waals surface area contributed by atoms with Crippen LogP contribution in [0.2, 0.25) is 0 Å². The predicted molar refractivity (Wildman–Crippen MR) is 67.7 cm³/mol. The highest BCUT2D eigenvalue weighted by Crippen LogP contribution is 2.20. The van der Waals surface area contributed by atoms with Gasteiger partial charge in [-0.25, -0.2) is 0 Å². The largest absolute Gasteiger partial charge is 0.389 e. The average molecular weight is 249 g/mol. The molecular weight excluding hydrogens is 238 g/mol. The van der Waals surface area contributed by atoms with E-state index in [0.717, 1.165) is 0 Å². The summed E-state index contributed by atoms with van der Waals surface area (Å²) in [5.74, 6) is -0.641. The second-order valence-corrected chi connectivity index (χ2v) is 4.15. The molecule has 1 aromatic rings. The van der Waals surface area contributed by atoms with Crippen molar-refractivity contribution in [3.05, 3.63) is 29.8 Å². The molecule has 3 N–H and O–H groups in total. The van der Waals surface area contributed by atoms with E-state index in [9.17, 15) is 9.59 Å². The second kappa shape index (κ2) is 4.50. The van der Waals surface area contributed by atoms with E-state index in [0.29, 0.717) is 11.3 Å². The number of carbonyl (C=O) groups excluding carboxylic acids is 2. The smallest absolute Gasteiger partial charge is 0.246 e. The zero-order valence-electron chi connectivity index (χ0n) is 8.97. The third-order valence-corrected chi connectivity index (χ3v) is 2.68. The van der Waals surface area contributed by atoms with Gasteiger partial charge in [-0.3, -0.25) is 14.9 Å². The van der Waals surface area contributed by atoms with Crippen LogP contribution in [0.4, 0.5) is 5.69 Å². The fraction of sp³-hybridized carbons (Fsp3) is 0.182. The molecule has 1 aromatic carbocycles. The van der Waals surface area contributed by atoms with Gasteiger partial charge in [-0.15, -0.1) is 0 Å². The van der Waals surface area contributed by atoms with E-state index >= 15 is 0 Å². The second-order valence-electron chi connectivity index (χ2n) is 3.71. The van der Waals surface area contributed by atoms with Crippen molar-refractivity contribution in [2.45, 2.75) is 0 Å². The highest BCUT2D eigenvalue weighted by Gasteiger charge is 2.24. The van der Waals surface area contributed by atoms with Gasteiger partial charge in [0.15, 0.2) is 0 Å². The topological polar surface area (TPSA) is 75.4 Å². The van der Waals surface area contributed by atoms with Crippen LogP contribution in [0.25, 0.3) is 0 Å². The first-order valence-electron chi connectivity index (χ1n) is 5.04. The number of thiocarbonyl (C=S) groups is 1. The molecule has 2 amide bonds. The van der Waals surface area contributed by atoms with Crippen LogP contribution in [-0.4, -0.2) is 29.9 Å². The number of nitrogens with zero attached hydrogens (tertiary/aromatic N) is 1. The Hall–Kier alpha value is -1.95. The zero-order chi connectivity index (χ0) is 12.4. The average Bonchev–Trinajstić information content (AvgIpc) is 2.27. The van der Waals surface area contributed by atoms with Crippen LogP contribution in [0.5, 0.6) is 0 Å². The SMILES string of the molecule is NC(=S)c1ccccc1N1CC(=O)NC(=O)C1. The van der Waals surface area contributed by atoms with Crippen LogP contribution in [0.15, 0.2) is 24.3 Å². The fourth-order valence-electron chi connectivity index (χ4n) is 1.77. The molecule has 2 rings (SSSR count). The van der Waals surface area contributed by atoms with Crippen molar-refractivity contribution in [1.29, 1.82) is 0 Å². The van der Waals surface area contributed by atoms with Gasteiger partial charge in [0.1, 0.15) is 4.99 Å². The maximum absolute atomic E-state index is 11.3. The van der Waals surface area contributed by atoms with Gasteiger partial charge in [-0.05, 0) is 12.1 Å². The number of anilines is 1. The predicted octanol–water partition coefficient (Wildman–Crippen LogP) is -0.216. The molecule has 0 aromatic heterocycles. The molecular formula is C11H11N3O2S. The van der Waals surface area contributed by atoms with Crippen LogP contribution >= 0.6 is 12.2 Å². The first-order valence-corrected chi connectivity index (χ1v) is 5.45. The highest BCUT2D eigenvalue weighted by atomic mass is 32.1. The molecule has 1 heterocycles. The van der Waals surface area contributed by atoms with Gasteiger partial charge in [0, 0.05) is 11.3 Å². The Bertz CT molecular complexity index is 485. The van der Waals surface area contributed by atoms with E-state index in [-0.39, 0.29) is 29.9 Å². The number of imide groups is 1. The summed E-state index contributed by atoms with van der Waals surface area (Å²) in [6, 6.07) is 7.19. The lowest BCUT2D eigenvalue weighted by molar-refractivity contribution is -0.130. The molecule has 0 spiro atoms. The zero-order valence-corrected chi connectivity index (χ0v) is 9.79. The summed E-state index contributed by atoms with van der Waals surface area (Å²) in [5.41, 5.74) is 6.99. The fourth-order valence-corrected chi connectivity index (χ4v) is 1.94.